The van der Waals surface area contributed by atoms with Crippen molar-refractivity contribution in [1.29, 1.82) is 0 Å². The molecule has 0 bridgehead atoms. The molecule has 3 aromatic heterocycles. The molecule has 0 radical (unpaired) electrons. The van der Waals surface area contributed by atoms with Gasteiger partial charge in [-0.3, -0.25) is 0 Å². The zero-order chi connectivity index (χ0) is 33.4. The third-order valence-electron chi connectivity index (χ3n) is 8.24. The van der Waals surface area contributed by atoms with Crippen molar-refractivity contribution in [2.75, 3.05) is 0 Å². The van der Waals surface area contributed by atoms with Crippen molar-refractivity contribution in [3.63, 3.8) is 0 Å². The first-order chi connectivity index (χ1) is 23.3. The molecular formula is C36H33I3N9+3. The van der Waals surface area contributed by atoms with Gasteiger partial charge in [0.05, 0.1) is 15.6 Å². The maximum absolute atomic E-state index is 4.94. The highest BCUT2D eigenvalue weighted by Crippen LogP contribution is 2.34. The number of nitrogens with zero attached hydrogens (tertiary/aromatic N) is 9. The van der Waals surface area contributed by atoms with E-state index in [4.69, 9.17) is 15.6 Å². The maximum atomic E-state index is 4.94. The van der Waals surface area contributed by atoms with Crippen LogP contribution in [0.15, 0.2) is 109 Å². The van der Waals surface area contributed by atoms with E-state index in [-0.39, 0.29) is 0 Å². The number of aryl methyl sites for hydroxylation is 3. The fourth-order valence-corrected chi connectivity index (χ4v) is 8.82. The SMILES string of the molecule is C[n+]1nn(Cc2ccccc2)c(I)c1-c1cc(-c2c(I)n(Cc3ccccc3)n[n+]2C)cc(-c2c(I)n(Cc3ccccc3)n[n+]2C)c1. The Labute approximate surface area is 320 Å². The van der Waals surface area contributed by atoms with Crippen LogP contribution in [-0.2, 0) is 40.8 Å². The van der Waals surface area contributed by atoms with Crippen LogP contribution in [0.25, 0.3) is 33.8 Å². The first-order valence-electron chi connectivity index (χ1n) is 15.4. The van der Waals surface area contributed by atoms with Gasteiger partial charge in [-0.05, 0) is 34.9 Å². The van der Waals surface area contributed by atoms with Gasteiger partial charge in [0.2, 0.25) is 28.2 Å². The fourth-order valence-electron chi connectivity index (χ4n) is 6.03. The highest BCUT2D eigenvalue weighted by molar-refractivity contribution is 14.1. The number of halogens is 3. The molecule has 240 valence electrons. The van der Waals surface area contributed by atoms with Gasteiger partial charge in [-0.25, -0.2) is 0 Å². The van der Waals surface area contributed by atoms with Gasteiger partial charge >= 0.3 is 0 Å². The van der Waals surface area contributed by atoms with Crippen molar-refractivity contribution >= 4 is 67.8 Å². The molecule has 0 amide bonds. The van der Waals surface area contributed by atoms with E-state index in [1.807, 2.05) is 53.4 Å². The predicted molar refractivity (Wildman–Crippen MR) is 208 cm³/mol. The normalized spacial score (nSPS) is 11.4. The highest BCUT2D eigenvalue weighted by atomic mass is 127. The first kappa shape index (κ1) is 33.0. The molecule has 0 atom stereocenters. The number of benzene rings is 4. The van der Waals surface area contributed by atoms with Gasteiger partial charge in [-0.15, -0.1) is 28.1 Å². The maximum Gasteiger partial charge on any atom is 0.235 e. The van der Waals surface area contributed by atoms with Gasteiger partial charge < -0.3 is 0 Å². The molecule has 0 saturated carbocycles. The van der Waals surface area contributed by atoms with E-state index in [9.17, 15) is 0 Å². The minimum absolute atomic E-state index is 0.692. The van der Waals surface area contributed by atoms with E-state index in [1.54, 1.807) is 0 Å². The van der Waals surface area contributed by atoms with Gasteiger partial charge in [0, 0.05) is 84.5 Å². The largest absolute Gasteiger partial charge is 0.235 e. The summed E-state index contributed by atoms with van der Waals surface area (Å²) in [5.74, 6) is 0. The highest BCUT2D eigenvalue weighted by Gasteiger charge is 2.31. The number of rotatable bonds is 9. The van der Waals surface area contributed by atoms with E-state index in [2.05, 4.69) is 173 Å². The molecule has 0 N–H and O–H groups in total. The molecule has 0 aliphatic carbocycles. The van der Waals surface area contributed by atoms with Crippen LogP contribution in [0.4, 0.5) is 0 Å². The van der Waals surface area contributed by atoms with Crippen LogP contribution < -0.4 is 14.0 Å². The Morgan fingerprint density at radius 2 is 0.688 bits per heavy atom. The summed E-state index contributed by atoms with van der Waals surface area (Å²) in [5.41, 5.74) is 10.0. The summed E-state index contributed by atoms with van der Waals surface area (Å²) in [7, 11) is 6.07. The van der Waals surface area contributed by atoms with Gasteiger partial charge in [0.1, 0.15) is 40.8 Å². The van der Waals surface area contributed by atoms with Crippen molar-refractivity contribution in [2.45, 2.75) is 19.6 Å². The average molecular weight is 972 g/mol. The zero-order valence-electron chi connectivity index (χ0n) is 26.7. The van der Waals surface area contributed by atoms with Crippen LogP contribution >= 0.6 is 67.8 Å². The Hall–Kier alpha value is -3.51. The summed E-state index contributed by atoms with van der Waals surface area (Å²) in [6, 6.07) is 38.2. The van der Waals surface area contributed by atoms with E-state index >= 15 is 0 Å². The van der Waals surface area contributed by atoms with Crippen LogP contribution in [0.2, 0.25) is 0 Å². The molecule has 3 heterocycles. The summed E-state index contributed by atoms with van der Waals surface area (Å²) < 4.78 is 15.4. The number of hydrogen-bond acceptors (Lipinski definition) is 3. The fraction of sp³-hybridized carbons (Fsp3) is 0.167. The van der Waals surface area contributed by atoms with E-state index in [1.165, 1.54) is 16.7 Å². The molecule has 7 aromatic rings. The van der Waals surface area contributed by atoms with Crippen LogP contribution in [0, 0.1) is 11.1 Å². The van der Waals surface area contributed by atoms with Crippen molar-refractivity contribution in [2.24, 2.45) is 21.1 Å². The van der Waals surface area contributed by atoms with E-state index < -0.39 is 0 Å². The second kappa shape index (κ2) is 14.2. The molecule has 0 fully saturated rings. The monoisotopic (exact) mass is 972 g/mol. The lowest BCUT2D eigenvalue weighted by atomic mass is 10.00. The van der Waals surface area contributed by atoms with Crippen LogP contribution in [0.1, 0.15) is 16.7 Å². The van der Waals surface area contributed by atoms with Crippen molar-refractivity contribution < 1.29 is 14.0 Å². The Morgan fingerprint density at radius 1 is 0.438 bits per heavy atom. The zero-order valence-corrected chi connectivity index (χ0v) is 33.1. The summed E-state index contributed by atoms with van der Waals surface area (Å²) >= 11 is 7.31. The Balaban J connectivity index is 1.38. The number of aromatic nitrogens is 9. The third-order valence-corrected chi connectivity index (χ3v) is 11.4. The molecule has 0 aliphatic rings. The second-order valence-electron chi connectivity index (χ2n) is 11.7. The summed E-state index contributed by atoms with van der Waals surface area (Å²) in [6.07, 6.45) is 0. The molecule has 12 heteroatoms. The lowest BCUT2D eigenvalue weighted by molar-refractivity contribution is -0.722. The van der Waals surface area contributed by atoms with Crippen LogP contribution in [0.5, 0.6) is 0 Å². The smallest absolute Gasteiger partial charge is 0.131 e. The average Bonchev–Trinajstić information content (AvgIpc) is 3.64. The summed E-state index contributed by atoms with van der Waals surface area (Å²) in [5, 5.41) is 14.8. The quantitative estimate of drug-likeness (QED) is 0.138. The van der Waals surface area contributed by atoms with Gasteiger partial charge in [-0.1, -0.05) is 91.0 Å². The minimum atomic E-state index is 0.692. The van der Waals surface area contributed by atoms with Crippen molar-refractivity contribution in [3.8, 4) is 33.8 Å². The molecule has 0 aliphatic heterocycles. The molecule has 0 spiro atoms. The lowest BCUT2D eigenvalue weighted by Crippen LogP contribution is -2.35. The Morgan fingerprint density at radius 3 is 0.938 bits per heavy atom. The van der Waals surface area contributed by atoms with Crippen LogP contribution in [0.3, 0.4) is 0 Å². The van der Waals surface area contributed by atoms with Gasteiger partial charge in [-0.2, -0.15) is 0 Å². The standard InChI is InChI=1S/C36H33I3N9/c1-43-31(34(37)46(40-43)22-25-13-7-4-8-14-25)28-19-29(32-35(38)47(41-44(32)2)23-26-15-9-5-10-16-26)21-30(20-28)33-36(39)48(42-45(33)3)24-27-17-11-6-12-18-27/h4-21H,22-24H2,1-3H3/q+3. The minimum Gasteiger partial charge on any atom is -0.131 e. The molecular weight excluding hydrogens is 939 g/mol. The Kier molecular flexibility index (Phi) is 9.73. The second-order valence-corrected chi connectivity index (χ2v) is 14.8. The molecule has 0 unspecified atom stereocenters. The Bertz CT molecular complexity index is 1960. The van der Waals surface area contributed by atoms with Gasteiger partial charge in [0.25, 0.3) is 0 Å². The van der Waals surface area contributed by atoms with Crippen LogP contribution in [-0.4, -0.2) is 29.7 Å². The van der Waals surface area contributed by atoms with Gasteiger partial charge in [0.15, 0.2) is 0 Å². The molecule has 0 saturated heterocycles. The molecule has 4 aromatic carbocycles. The molecule has 9 nitrogen and oxygen atoms in total. The summed E-state index contributed by atoms with van der Waals surface area (Å²) in [4.78, 5) is 0. The third kappa shape index (κ3) is 6.70. The molecule has 7 rings (SSSR count). The van der Waals surface area contributed by atoms with E-state index in [0.717, 1.165) is 44.9 Å². The van der Waals surface area contributed by atoms with Crippen molar-refractivity contribution in [3.05, 3.63) is 137 Å². The number of hydrogen-bond donors (Lipinski definition) is 0. The summed E-state index contributed by atoms with van der Waals surface area (Å²) in [6.45, 7) is 2.08. The van der Waals surface area contributed by atoms with Crippen molar-refractivity contribution in [1.82, 2.24) is 29.7 Å². The lowest BCUT2D eigenvalue weighted by Gasteiger charge is -2.06. The predicted octanol–water partition coefficient (Wildman–Crippen LogP) is 5.71. The van der Waals surface area contributed by atoms with E-state index in [0.29, 0.717) is 19.6 Å². The topological polar surface area (TPSA) is 65.1 Å². The first-order valence-corrected chi connectivity index (χ1v) is 18.7. The molecule has 48 heavy (non-hydrogen) atoms.